The molecule has 0 fully saturated rings. The lowest BCUT2D eigenvalue weighted by molar-refractivity contribution is 0.423. The number of hydrogen-bond acceptors (Lipinski definition) is 3. The molecule has 0 heterocycles. The van der Waals surface area contributed by atoms with Gasteiger partial charge in [0.05, 0.1) is 0 Å². The normalized spacial score (nSPS) is 13.9. The Labute approximate surface area is 198 Å². The Hall–Kier alpha value is -2.58. The molecule has 0 radical (unpaired) electrons. The topological polar surface area (TPSA) is 38.7 Å². The molecule has 2 atom stereocenters. The van der Waals surface area contributed by atoms with E-state index in [0.29, 0.717) is 17.1 Å². The van der Waals surface area contributed by atoms with Crippen LogP contribution in [0.2, 0.25) is 0 Å². The Bertz CT molecular complexity index is 1080. The van der Waals surface area contributed by atoms with Crippen LogP contribution in [-0.4, -0.2) is 5.11 Å². The zero-order valence-electron chi connectivity index (χ0n) is 20.5. The van der Waals surface area contributed by atoms with Gasteiger partial charge in [0.25, 0.3) is 0 Å². The van der Waals surface area contributed by atoms with Crippen molar-refractivity contribution in [3.05, 3.63) is 89.0 Å². The molecule has 176 valence electrons. The van der Waals surface area contributed by atoms with E-state index in [2.05, 4.69) is 47.6 Å². The third kappa shape index (κ3) is 6.26. The summed E-state index contributed by atoms with van der Waals surface area (Å²) in [4.78, 5) is 0. The first-order chi connectivity index (χ1) is 15.4. The van der Waals surface area contributed by atoms with Gasteiger partial charge in [-0.15, -0.1) is 4.20 Å². The molecule has 3 nitrogen and oxygen atoms in total. The zero-order chi connectivity index (χ0) is 24.4. The first kappa shape index (κ1) is 25.1. The number of phenols is 1. The van der Waals surface area contributed by atoms with Crippen molar-refractivity contribution in [2.45, 2.75) is 65.2 Å². The Morgan fingerprint density at radius 1 is 0.788 bits per heavy atom. The van der Waals surface area contributed by atoms with Crippen LogP contribution in [0.15, 0.2) is 66.7 Å². The Balaban J connectivity index is 1.88. The third-order valence-corrected chi connectivity index (χ3v) is 6.43. The largest absolute Gasteiger partial charge is 0.508 e. The van der Waals surface area contributed by atoms with E-state index in [1.807, 2.05) is 49.4 Å². The van der Waals surface area contributed by atoms with Crippen molar-refractivity contribution < 1.29 is 18.4 Å². The number of phenolic OH excluding ortho intramolecular Hbond substituents is 1. The Morgan fingerprint density at radius 2 is 1.39 bits per heavy atom. The molecule has 3 aromatic carbocycles. The average molecular weight is 469 g/mol. The predicted octanol–water partition coefficient (Wildman–Crippen LogP) is 8.79. The fraction of sp³-hybridized carbons (Fsp3) is 0.357. The summed E-state index contributed by atoms with van der Waals surface area (Å²) in [5.74, 6) is 0.867. The second-order valence-electron chi connectivity index (χ2n) is 10.5. The lowest BCUT2D eigenvalue weighted by Gasteiger charge is -2.27. The zero-order valence-corrected chi connectivity index (χ0v) is 21.4. The van der Waals surface area contributed by atoms with Gasteiger partial charge in [-0.2, -0.15) is 0 Å². The minimum atomic E-state index is -2.74. The number of benzene rings is 3. The highest BCUT2D eigenvalue weighted by atomic mass is 31.2. The minimum absolute atomic E-state index is 0.0238. The summed E-state index contributed by atoms with van der Waals surface area (Å²) in [7, 11) is -2.74. The molecule has 0 aromatic heterocycles. The molecule has 3 aromatic rings. The summed E-state index contributed by atoms with van der Waals surface area (Å²) in [5.41, 5.74) is 3.61. The summed E-state index contributed by atoms with van der Waals surface area (Å²) in [6.45, 7) is 14.7. The standard InChI is InChI=1S/C28H34FO3P/c1-19(20-11-9-8-10-12-20)23-18-22(30)14-16-25(23)31-33(29)32-26-15-13-21(27(2,3)4)17-24(26)28(5,6)7/h8-19,30H,1-7H3. The van der Waals surface area contributed by atoms with Crippen LogP contribution < -0.4 is 9.05 Å². The summed E-state index contributed by atoms with van der Waals surface area (Å²) in [6, 6.07) is 20.5. The van der Waals surface area contributed by atoms with Gasteiger partial charge in [0.2, 0.25) is 0 Å². The SMILES string of the molecule is CC(c1ccccc1)c1cc(O)ccc1OP(F)Oc1ccc(C(C)(C)C)cc1C(C)(C)C. The molecule has 0 aliphatic carbocycles. The molecule has 0 saturated carbocycles. The highest BCUT2D eigenvalue weighted by Crippen LogP contribution is 2.48. The Morgan fingerprint density at radius 3 is 2.00 bits per heavy atom. The average Bonchev–Trinajstić information content (AvgIpc) is 2.73. The fourth-order valence-electron chi connectivity index (χ4n) is 3.71. The van der Waals surface area contributed by atoms with Crippen LogP contribution in [0.3, 0.4) is 0 Å². The first-order valence-electron chi connectivity index (χ1n) is 11.2. The molecule has 0 bridgehead atoms. The summed E-state index contributed by atoms with van der Waals surface area (Å²) in [6.07, 6.45) is 0. The summed E-state index contributed by atoms with van der Waals surface area (Å²) < 4.78 is 26.6. The second-order valence-corrected chi connectivity index (χ2v) is 11.3. The minimum Gasteiger partial charge on any atom is -0.508 e. The second kappa shape index (κ2) is 9.73. The van der Waals surface area contributed by atoms with E-state index in [-0.39, 0.29) is 22.5 Å². The van der Waals surface area contributed by atoms with Crippen LogP contribution in [0.25, 0.3) is 0 Å². The van der Waals surface area contributed by atoms with Gasteiger partial charge in [-0.25, -0.2) is 0 Å². The molecule has 0 spiro atoms. The predicted molar refractivity (Wildman–Crippen MR) is 135 cm³/mol. The molecule has 33 heavy (non-hydrogen) atoms. The molecular weight excluding hydrogens is 434 g/mol. The summed E-state index contributed by atoms with van der Waals surface area (Å²) >= 11 is 0. The van der Waals surface area contributed by atoms with Gasteiger partial charge < -0.3 is 14.2 Å². The van der Waals surface area contributed by atoms with Crippen molar-refractivity contribution in [3.63, 3.8) is 0 Å². The van der Waals surface area contributed by atoms with Crippen LogP contribution in [0.4, 0.5) is 4.20 Å². The molecular formula is C28H34FO3P. The summed E-state index contributed by atoms with van der Waals surface area (Å²) in [5, 5.41) is 10.0. The number of rotatable bonds is 6. The van der Waals surface area contributed by atoms with Crippen LogP contribution in [0.5, 0.6) is 17.2 Å². The van der Waals surface area contributed by atoms with Gasteiger partial charge in [-0.3, -0.25) is 0 Å². The molecule has 1 N–H and O–H groups in total. The van der Waals surface area contributed by atoms with Gasteiger partial charge in [-0.1, -0.05) is 90.9 Å². The molecule has 5 heteroatoms. The van der Waals surface area contributed by atoms with Gasteiger partial charge in [-0.05, 0) is 46.2 Å². The van der Waals surface area contributed by atoms with Crippen molar-refractivity contribution in [1.82, 2.24) is 0 Å². The van der Waals surface area contributed by atoms with E-state index in [1.165, 1.54) is 11.6 Å². The maximum Gasteiger partial charge on any atom is 0.505 e. The van der Waals surface area contributed by atoms with Gasteiger partial charge in [0.15, 0.2) is 0 Å². The van der Waals surface area contributed by atoms with E-state index >= 15 is 4.20 Å². The van der Waals surface area contributed by atoms with E-state index < -0.39 is 8.69 Å². The molecule has 3 rings (SSSR count). The van der Waals surface area contributed by atoms with Crippen molar-refractivity contribution in [2.75, 3.05) is 0 Å². The first-order valence-corrected chi connectivity index (χ1v) is 12.3. The highest BCUT2D eigenvalue weighted by Gasteiger charge is 2.27. The van der Waals surface area contributed by atoms with Crippen molar-refractivity contribution in [2.24, 2.45) is 0 Å². The van der Waals surface area contributed by atoms with E-state index in [9.17, 15) is 5.11 Å². The number of halogens is 1. The molecule has 0 saturated heterocycles. The van der Waals surface area contributed by atoms with Crippen LogP contribution >= 0.6 is 8.69 Å². The number of hydrogen-bond donors (Lipinski definition) is 1. The van der Waals surface area contributed by atoms with Gasteiger partial charge in [0.1, 0.15) is 17.2 Å². The van der Waals surface area contributed by atoms with E-state index in [4.69, 9.17) is 9.05 Å². The van der Waals surface area contributed by atoms with Gasteiger partial charge >= 0.3 is 8.69 Å². The maximum absolute atomic E-state index is 15.2. The fourth-order valence-corrected chi connectivity index (χ4v) is 4.39. The monoisotopic (exact) mass is 468 g/mol. The van der Waals surface area contributed by atoms with Gasteiger partial charge in [0, 0.05) is 17.0 Å². The lowest BCUT2D eigenvalue weighted by Crippen LogP contribution is -2.17. The molecule has 0 amide bonds. The van der Waals surface area contributed by atoms with Crippen LogP contribution in [-0.2, 0) is 10.8 Å². The lowest BCUT2D eigenvalue weighted by atomic mass is 9.80. The molecule has 0 aliphatic heterocycles. The molecule has 2 unspecified atom stereocenters. The Kier molecular flexibility index (Phi) is 7.39. The van der Waals surface area contributed by atoms with Crippen LogP contribution in [0, 0.1) is 0 Å². The van der Waals surface area contributed by atoms with Crippen molar-refractivity contribution >= 4 is 8.69 Å². The van der Waals surface area contributed by atoms with E-state index in [1.54, 1.807) is 12.1 Å². The van der Waals surface area contributed by atoms with Crippen molar-refractivity contribution in [1.29, 1.82) is 0 Å². The van der Waals surface area contributed by atoms with Crippen LogP contribution in [0.1, 0.15) is 76.6 Å². The highest BCUT2D eigenvalue weighted by molar-refractivity contribution is 7.42. The molecule has 0 aliphatic rings. The quantitative estimate of drug-likeness (QED) is 0.367. The maximum atomic E-state index is 15.2. The van der Waals surface area contributed by atoms with E-state index in [0.717, 1.165) is 11.1 Å². The van der Waals surface area contributed by atoms with Crippen molar-refractivity contribution in [3.8, 4) is 17.2 Å². The third-order valence-electron chi connectivity index (χ3n) is 5.75. The number of aromatic hydroxyl groups is 1. The smallest absolute Gasteiger partial charge is 0.505 e.